The van der Waals surface area contributed by atoms with Gasteiger partial charge in [0.15, 0.2) is 0 Å². The van der Waals surface area contributed by atoms with Gasteiger partial charge in [-0.1, -0.05) is 12.8 Å². The van der Waals surface area contributed by atoms with E-state index in [0.717, 1.165) is 43.0 Å². The number of hydrogen-bond donors (Lipinski definition) is 1. The van der Waals surface area contributed by atoms with E-state index in [-0.39, 0.29) is 25.0 Å². The van der Waals surface area contributed by atoms with Gasteiger partial charge >= 0.3 is 5.97 Å². The van der Waals surface area contributed by atoms with E-state index in [2.05, 4.69) is 4.98 Å². The Bertz CT molecular complexity index is 619. The minimum atomic E-state index is -0.891. The summed E-state index contributed by atoms with van der Waals surface area (Å²) in [6.07, 6.45) is 6.65. The molecule has 1 aromatic rings. The molecule has 0 unspecified atom stereocenters. The molecule has 6 nitrogen and oxygen atoms in total. The number of carboxylic acids is 1. The normalized spacial score (nSPS) is 20.9. The van der Waals surface area contributed by atoms with Crippen molar-refractivity contribution in [1.82, 2.24) is 9.88 Å². The predicted molar refractivity (Wildman–Crippen MR) is 95.2 cm³/mol. The van der Waals surface area contributed by atoms with E-state index >= 15 is 0 Å². The van der Waals surface area contributed by atoms with Gasteiger partial charge in [0.25, 0.3) is 5.91 Å². The number of rotatable bonds is 7. The van der Waals surface area contributed by atoms with Crippen LogP contribution in [0.3, 0.4) is 0 Å². The van der Waals surface area contributed by atoms with Crippen LogP contribution in [0.1, 0.15) is 71.2 Å². The van der Waals surface area contributed by atoms with Gasteiger partial charge in [0.2, 0.25) is 0 Å². The van der Waals surface area contributed by atoms with Crippen molar-refractivity contribution >= 4 is 23.2 Å². The first-order valence-electron chi connectivity index (χ1n) is 9.14. The van der Waals surface area contributed by atoms with Crippen LogP contribution in [0.2, 0.25) is 0 Å². The van der Waals surface area contributed by atoms with Crippen LogP contribution in [-0.2, 0) is 9.53 Å². The van der Waals surface area contributed by atoms with Gasteiger partial charge in [0, 0.05) is 25.6 Å². The van der Waals surface area contributed by atoms with Crippen LogP contribution in [0.15, 0.2) is 0 Å². The summed E-state index contributed by atoms with van der Waals surface area (Å²) in [4.78, 5) is 31.0. The van der Waals surface area contributed by atoms with Crippen molar-refractivity contribution in [2.75, 3.05) is 19.7 Å². The fourth-order valence-corrected chi connectivity index (χ4v) is 4.85. The van der Waals surface area contributed by atoms with Gasteiger partial charge in [-0.2, -0.15) is 0 Å². The van der Waals surface area contributed by atoms with Gasteiger partial charge in [0.05, 0.1) is 23.2 Å². The third kappa shape index (κ3) is 4.58. The highest BCUT2D eigenvalue weighted by molar-refractivity contribution is 7.13. The number of carbonyl (C=O) groups is 2. The number of nitrogens with zero attached hydrogens (tertiary/aromatic N) is 2. The Balaban J connectivity index is 1.74. The fraction of sp³-hybridized carbons (Fsp3) is 0.722. The number of hydrogen-bond acceptors (Lipinski definition) is 5. The summed E-state index contributed by atoms with van der Waals surface area (Å²) in [6.45, 7) is 3.27. The maximum Gasteiger partial charge on any atom is 0.305 e. The van der Waals surface area contributed by atoms with Crippen molar-refractivity contribution in [3.8, 4) is 0 Å². The number of aromatic nitrogens is 1. The second-order valence-electron chi connectivity index (χ2n) is 6.98. The van der Waals surface area contributed by atoms with Crippen LogP contribution in [0.25, 0.3) is 0 Å². The standard InChI is InChI=1S/C18H26N2O4S/c1-12-16(25-17(19-12)13-5-2-3-6-13)18(23)20(9-8-15(21)22)11-14-7-4-10-24-14/h13-14H,2-11H2,1H3,(H,21,22)/t14-/m0/s1. The summed E-state index contributed by atoms with van der Waals surface area (Å²) < 4.78 is 5.64. The van der Waals surface area contributed by atoms with E-state index in [4.69, 9.17) is 9.84 Å². The van der Waals surface area contributed by atoms with E-state index in [0.29, 0.717) is 17.3 Å². The molecule has 1 saturated carbocycles. The topological polar surface area (TPSA) is 79.7 Å². The fourth-order valence-electron chi connectivity index (χ4n) is 3.65. The molecule has 1 aliphatic carbocycles. The molecule has 0 aromatic carbocycles. The molecule has 1 saturated heterocycles. The molecule has 3 rings (SSSR count). The maximum atomic E-state index is 13.0. The van der Waals surface area contributed by atoms with E-state index < -0.39 is 5.97 Å². The second-order valence-corrected chi connectivity index (χ2v) is 8.01. The first-order valence-corrected chi connectivity index (χ1v) is 9.96. The van der Waals surface area contributed by atoms with Crippen LogP contribution >= 0.6 is 11.3 Å². The third-order valence-corrected chi connectivity index (χ3v) is 6.35. The average Bonchev–Trinajstić information content (AvgIpc) is 3.31. The zero-order chi connectivity index (χ0) is 17.8. The summed E-state index contributed by atoms with van der Waals surface area (Å²) in [6, 6.07) is 0. The number of ether oxygens (including phenoxy) is 1. The summed E-state index contributed by atoms with van der Waals surface area (Å²) in [5, 5.41) is 10.1. The molecular weight excluding hydrogens is 340 g/mol. The van der Waals surface area contributed by atoms with Crippen LogP contribution in [-0.4, -0.2) is 52.7 Å². The highest BCUT2D eigenvalue weighted by atomic mass is 32.1. The van der Waals surface area contributed by atoms with Crippen LogP contribution in [0.4, 0.5) is 0 Å². The van der Waals surface area contributed by atoms with Gasteiger partial charge in [-0.25, -0.2) is 4.98 Å². The molecule has 1 aliphatic heterocycles. The number of carboxylic acid groups (broad SMARTS) is 1. The highest BCUT2D eigenvalue weighted by Crippen LogP contribution is 2.37. The monoisotopic (exact) mass is 366 g/mol. The minimum absolute atomic E-state index is 0.0141. The highest BCUT2D eigenvalue weighted by Gasteiger charge is 2.28. The van der Waals surface area contributed by atoms with E-state index in [1.807, 2.05) is 6.92 Å². The lowest BCUT2D eigenvalue weighted by Gasteiger charge is -2.24. The molecule has 1 amide bonds. The minimum Gasteiger partial charge on any atom is -0.481 e. The molecule has 1 atom stereocenters. The number of carbonyl (C=O) groups excluding carboxylic acids is 1. The molecule has 25 heavy (non-hydrogen) atoms. The van der Waals surface area contributed by atoms with Crippen LogP contribution in [0, 0.1) is 6.92 Å². The Morgan fingerprint density at radius 3 is 2.68 bits per heavy atom. The van der Waals surface area contributed by atoms with Crippen LogP contribution < -0.4 is 0 Å². The van der Waals surface area contributed by atoms with Crippen molar-refractivity contribution in [3.05, 3.63) is 15.6 Å². The van der Waals surface area contributed by atoms with Gasteiger partial charge in [0.1, 0.15) is 4.88 Å². The summed E-state index contributed by atoms with van der Waals surface area (Å²) in [7, 11) is 0. The summed E-state index contributed by atoms with van der Waals surface area (Å²) in [5.41, 5.74) is 0.768. The van der Waals surface area contributed by atoms with E-state index in [9.17, 15) is 9.59 Å². The summed E-state index contributed by atoms with van der Waals surface area (Å²) in [5.74, 6) is -0.510. The van der Waals surface area contributed by atoms with Crippen molar-refractivity contribution in [2.24, 2.45) is 0 Å². The number of amides is 1. The van der Waals surface area contributed by atoms with Gasteiger partial charge < -0.3 is 14.7 Å². The molecule has 2 fully saturated rings. The SMILES string of the molecule is Cc1nc(C2CCCC2)sc1C(=O)N(CCC(=O)O)C[C@@H]1CCCO1. The lowest BCUT2D eigenvalue weighted by molar-refractivity contribution is -0.137. The molecule has 0 spiro atoms. The predicted octanol–water partition coefficient (Wildman–Crippen LogP) is 3.21. The Morgan fingerprint density at radius 1 is 1.28 bits per heavy atom. The van der Waals surface area contributed by atoms with Gasteiger partial charge in [-0.3, -0.25) is 9.59 Å². The molecule has 1 N–H and O–H groups in total. The molecule has 0 radical (unpaired) electrons. The molecule has 1 aromatic heterocycles. The van der Waals surface area contributed by atoms with Gasteiger partial charge in [-0.15, -0.1) is 11.3 Å². The molecule has 2 heterocycles. The average molecular weight is 366 g/mol. The summed E-state index contributed by atoms with van der Waals surface area (Å²) >= 11 is 1.49. The van der Waals surface area contributed by atoms with Crippen LogP contribution in [0.5, 0.6) is 0 Å². The van der Waals surface area contributed by atoms with Crippen molar-refractivity contribution in [2.45, 2.75) is 63.9 Å². The Morgan fingerprint density at radius 2 is 2.04 bits per heavy atom. The van der Waals surface area contributed by atoms with Gasteiger partial charge in [-0.05, 0) is 32.6 Å². The number of aryl methyl sites for hydroxylation is 1. The van der Waals surface area contributed by atoms with Crippen molar-refractivity contribution in [3.63, 3.8) is 0 Å². The Hall–Kier alpha value is -1.47. The first kappa shape index (κ1) is 18.3. The second kappa shape index (κ2) is 8.27. The molecule has 0 bridgehead atoms. The zero-order valence-corrected chi connectivity index (χ0v) is 15.5. The number of aliphatic carboxylic acids is 1. The molecular formula is C18H26N2O4S. The number of thiazole rings is 1. The van der Waals surface area contributed by atoms with Crippen molar-refractivity contribution < 1.29 is 19.4 Å². The lowest BCUT2D eigenvalue weighted by Crippen LogP contribution is -2.38. The molecule has 138 valence electrons. The quantitative estimate of drug-likeness (QED) is 0.801. The largest absolute Gasteiger partial charge is 0.481 e. The Kier molecular flexibility index (Phi) is 6.06. The van der Waals surface area contributed by atoms with E-state index in [1.54, 1.807) is 4.90 Å². The zero-order valence-electron chi connectivity index (χ0n) is 14.7. The smallest absolute Gasteiger partial charge is 0.305 e. The lowest BCUT2D eigenvalue weighted by atomic mass is 10.1. The van der Waals surface area contributed by atoms with E-state index in [1.165, 1.54) is 24.2 Å². The molecule has 2 aliphatic rings. The third-order valence-electron chi connectivity index (χ3n) is 5.04. The maximum absolute atomic E-state index is 13.0. The Labute approximate surface area is 152 Å². The van der Waals surface area contributed by atoms with Crippen molar-refractivity contribution in [1.29, 1.82) is 0 Å². The molecule has 7 heteroatoms. The first-order chi connectivity index (χ1) is 12.0.